The number of nitrogens with one attached hydrogen (secondary N) is 2. The van der Waals surface area contributed by atoms with E-state index in [1.54, 1.807) is 0 Å². The van der Waals surface area contributed by atoms with Gasteiger partial charge in [-0.3, -0.25) is 4.79 Å². The molecule has 1 atom stereocenters. The number of fused-ring (bicyclic) bond motifs is 1. The maximum atomic E-state index is 13.2. The number of nitrogens with zero attached hydrogens (tertiary/aromatic N) is 2. The number of benzene rings is 2. The summed E-state index contributed by atoms with van der Waals surface area (Å²) in [4.78, 5) is 22.5. The van der Waals surface area contributed by atoms with Gasteiger partial charge in [0.25, 0.3) is 0 Å². The quantitative estimate of drug-likeness (QED) is 0.656. The topological polar surface area (TPSA) is 61.0 Å². The van der Waals surface area contributed by atoms with E-state index in [4.69, 9.17) is 0 Å². The number of anilines is 1. The smallest absolute Gasteiger partial charge is 0.220 e. The second-order valence-corrected chi connectivity index (χ2v) is 7.60. The molecule has 4 rings (SSSR count). The Labute approximate surface area is 168 Å². The molecule has 0 aliphatic carbocycles. The summed E-state index contributed by atoms with van der Waals surface area (Å²) in [5.41, 5.74) is 2.54. The van der Waals surface area contributed by atoms with Gasteiger partial charge in [0.05, 0.1) is 11.0 Å². The van der Waals surface area contributed by atoms with Crippen molar-refractivity contribution in [2.45, 2.75) is 32.2 Å². The van der Waals surface area contributed by atoms with Crippen LogP contribution in [0.15, 0.2) is 42.5 Å². The van der Waals surface area contributed by atoms with Gasteiger partial charge in [-0.25, -0.2) is 13.8 Å². The van der Waals surface area contributed by atoms with Crippen LogP contribution in [-0.2, 0) is 11.3 Å². The van der Waals surface area contributed by atoms with Gasteiger partial charge in [0.1, 0.15) is 0 Å². The fraction of sp³-hybridized carbons (Fsp3) is 0.364. The number of halogens is 2. The van der Waals surface area contributed by atoms with Crippen molar-refractivity contribution < 1.29 is 13.6 Å². The van der Waals surface area contributed by atoms with E-state index in [1.165, 1.54) is 6.07 Å². The van der Waals surface area contributed by atoms with Gasteiger partial charge in [0.15, 0.2) is 11.6 Å². The van der Waals surface area contributed by atoms with Crippen molar-refractivity contribution >= 4 is 22.9 Å². The maximum absolute atomic E-state index is 13.2. The number of hydrogen-bond acceptors (Lipinski definition) is 3. The highest BCUT2D eigenvalue weighted by Crippen LogP contribution is 2.25. The minimum atomic E-state index is -0.898. The lowest BCUT2D eigenvalue weighted by molar-refractivity contribution is -0.121. The van der Waals surface area contributed by atoms with Gasteiger partial charge >= 0.3 is 0 Å². The highest BCUT2D eigenvalue weighted by atomic mass is 19.2. The van der Waals surface area contributed by atoms with Crippen LogP contribution in [0, 0.1) is 17.6 Å². The molecule has 1 aliphatic rings. The largest absolute Gasteiger partial charge is 0.352 e. The molecular weight excluding hydrogens is 374 g/mol. The molecule has 0 spiro atoms. The van der Waals surface area contributed by atoms with Crippen LogP contribution >= 0.6 is 0 Å². The first-order valence-corrected chi connectivity index (χ1v) is 9.99. The highest BCUT2D eigenvalue weighted by Gasteiger charge is 2.22. The standard InChI is InChI=1S/C22H24F2N4O/c23-17-9-7-16(12-18(17)24)13-25-21(29)10-8-15-4-3-11-28(14-15)22-26-19-5-1-2-6-20(19)27-22/h1-2,5-7,9,12,15H,3-4,8,10-11,13-14H2,(H,25,29)(H,26,27). The molecule has 0 saturated carbocycles. The normalized spacial score (nSPS) is 16.9. The molecule has 5 nitrogen and oxygen atoms in total. The van der Waals surface area contributed by atoms with Crippen LogP contribution in [0.3, 0.4) is 0 Å². The number of H-pyrrole nitrogens is 1. The minimum absolute atomic E-state index is 0.0735. The monoisotopic (exact) mass is 398 g/mol. The number of aromatic nitrogens is 2. The molecule has 1 fully saturated rings. The predicted octanol–water partition coefficient (Wildman–Crippen LogP) is 4.15. The Kier molecular flexibility index (Phi) is 5.74. The van der Waals surface area contributed by atoms with Gasteiger partial charge in [-0.2, -0.15) is 0 Å². The van der Waals surface area contributed by atoms with Crippen LogP contribution in [0.4, 0.5) is 14.7 Å². The summed E-state index contributed by atoms with van der Waals surface area (Å²) in [6.07, 6.45) is 3.37. The minimum Gasteiger partial charge on any atom is -0.352 e. The second-order valence-electron chi connectivity index (χ2n) is 7.60. The number of carbonyl (C=O) groups is 1. The summed E-state index contributed by atoms with van der Waals surface area (Å²) in [5.74, 6) is -0.545. The first-order valence-electron chi connectivity index (χ1n) is 9.99. The summed E-state index contributed by atoms with van der Waals surface area (Å²) in [6, 6.07) is 11.6. The van der Waals surface area contributed by atoms with Crippen LogP contribution in [0.5, 0.6) is 0 Å². The Hall–Kier alpha value is -2.96. The molecule has 1 aliphatic heterocycles. The van der Waals surface area contributed by atoms with Crippen molar-refractivity contribution in [2.75, 3.05) is 18.0 Å². The third kappa shape index (κ3) is 4.72. The highest BCUT2D eigenvalue weighted by molar-refractivity contribution is 5.77. The molecule has 0 bridgehead atoms. The fourth-order valence-corrected chi connectivity index (χ4v) is 3.86. The van der Waals surface area contributed by atoms with Gasteiger partial charge in [0, 0.05) is 26.1 Å². The molecule has 1 saturated heterocycles. The molecule has 3 aromatic rings. The Balaban J connectivity index is 1.26. The second kappa shape index (κ2) is 8.59. The Morgan fingerprint density at radius 1 is 1.21 bits per heavy atom. The van der Waals surface area contributed by atoms with E-state index in [0.29, 0.717) is 17.9 Å². The number of piperidine rings is 1. The molecule has 29 heavy (non-hydrogen) atoms. The zero-order chi connectivity index (χ0) is 20.2. The van der Waals surface area contributed by atoms with Crippen LogP contribution in [0.2, 0.25) is 0 Å². The Morgan fingerprint density at radius 2 is 2.07 bits per heavy atom. The van der Waals surface area contributed by atoms with Gasteiger partial charge < -0.3 is 15.2 Å². The molecule has 2 N–H and O–H groups in total. The van der Waals surface area contributed by atoms with Gasteiger partial charge in [-0.15, -0.1) is 0 Å². The van der Waals surface area contributed by atoms with E-state index in [2.05, 4.69) is 20.2 Å². The number of para-hydroxylation sites is 2. The number of imidazole rings is 1. The van der Waals surface area contributed by atoms with Crippen molar-refractivity contribution in [3.05, 3.63) is 59.7 Å². The third-order valence-corrected chi connectivity index (χ3v) is 5.45. The van der Waals surface area contributed by atoms with E-state index in [0.717, 1.165) is 61.5 Å². The summed E-state index contributed by atoms with van der Waals surface area (Å²) in [5, 5.41) is 2.79. The van der Waals surface area contributed by atoms with E-state index in [1.807, 2.05) is 24.3 Å². The van der Waals surface area contributed by atoms with E-state index < -0.39 is 11.6 Å². The van der Waals surface area contributed by atoms with E-state index >= 15 is 0 Å². The molecule has 1 amide bonds. The van der Waals surface area contributed by atoms with Crippen molar-refractivity contribution in [2.24, 2.45) is 5.92 Å². The van der Waals surface area contributed by atoms with Crippen LogP contribution in [-0.4, -0.2) is 29.0 Å². The summed E-state index contributed by atoms with van der Waals surface area (Å²) >= 11 is 0. The molecule has 7 heteroatoms. The average molecular weight is 398 g/mol. The molecule has 2 aromatic carbocycles. The van der Waals surface area contributed by atoms with E-state index in [9.17, 15) is 13.6 Å². The van der Waals surface area contributed by atoms with Crippen LogP contribution < -0.4 is 10.2 Å². The lowest BCUT2D eigenvalue weighted by atomic mass is 9.93. The first kappa shape index (κ1) is 19.4. The van der Waals surface area contributed by atoms with Crippen molar-refractivity contribution in [3.63, 3.8) is 0 Å². The molecule has 0 radical (unpaired) electrons. The Morgan fingerprint density at radius 3 is 2.90 bits per heavy atom. The fourth-order valence-electron chi connectivity index (χ4n) is 3.86. The van der Waals surface area contributed by atoms with Crippen LogP contribution in [0.1, 0.15) is 31.2 Å². The van der Waals surface area contributed by atoms with Crippen molar-refractivity contribution in [1.82, 2.24) is 15.3 Å². The van der Waals surface area contributed by atoms with Gasteiger partial charge in [-0.05, 0) is 55.0 Å². The van der Waals surface area contributed by atoms with Crippen molar-refractivity contribution in [1.29, 1.82) is 0 Å². The molecular formula is C22H24F2N4O. The summed E-state index contributed by atoms with van der Waals surface area (Å²) in [7, 11) is 0. The van der Waals surface area contributed by atoms with Crippen LogP contribution in [0.25, 0.3) is 11.0 Å². The Bertz CT molecular complexity index is 970. The SMILES string of the molecule is O=C(CCC1CCCN(c2nc3ccccc3[nH]2)C1)NCc1ccc(F)c(F)c1. The number of rotatable bonds is 6. The molecule has 1 unspecified atom stereocenters. The lowest BCUT2D eigenvalue weighted by Gasteiger charge is -2.32. The van der Waals surface area contributed by atoms with Crippen molar-refractivity contribution in [3.8, 4) is 0 Å². The number of hydrogen-bond donors (Lipinski definition) is 2. The predicted molar refractivity (Wildman–Crippen MR) is 108 cm³/mol. The molecule has 2 heterocycles. The summed E-state index contributed by atoms with van der Waals surface area (Å²) < 4.78 is 26.2. The molecule has 152 valence electrons. The first-order chi connectivity index (χ1) is 14.1. The average Bonchev–Trinajstić information content (AvgIpc) is 3.18. The lowest BCUT2D eigenvalue weighted by Crippen LogP contribution is -2.36. The summed E-state index contributed by atoms with van der Waals surface area (Å²) in [6.45, 7) is 2.03. The van der Waals surface area contributed by atoms with E-state index in [-0.39, 0.29) is 12.5 Å². The number of carbonyl (C=O) groups excluding carboxylic acids is 1. The zero-order valence-electron chi connectivity index (χ0n) is 16.1. The number of aromatic amines is 1. The van der Waals surface area contributed by atoms with Gasteiger partial charge in [-0.1, -0.05) is 18.2 Å². The number of amides is 1. The zero-order valence-corrected chi connectivity index (χ0v) is 16.1. The van der Waals surface area contributed by atoms with Gasteiger partial charge in [0.2, 0.25) is 11.9 Å². The molecule has 1 aromatic heterocycles. The maximum Gasteiger partial charge on any atom is 0.220 e. The third-order valence-electron chi connectivity index (χ3n) is 5.45.